The molecule has 5 heteroatoms. The van der Waals surface area contributed by atoms with E-state index >= 15 is 0 Å². The highest BCUT2D eigenvalue weighted by Crippen LogP contribution is 2.31. The minimum Gasteiger partial charge on any atom is -0.385 e. The lowest BCUT2D eigenvalue weighted by Crippen LogP contribution is -2.34. The molecule has 1 aromatic rings. The van der Waals surface area contributed by atoms with Gasteiger partial charge in [-0.1, -0.05) is 13.0 Å². The quantitative estimate of drug-likeness (QED) is 0.911. The van der Waals surface area contributed by atoms with E-state index in [2.05, 4.69) is 12.2 Å². The zero-order valence-electron chi connectivity index (χ0n) is 12.1. The van der Waals surface area contributed by atoms with Crippen molar-refractivity contribution in [2.75, 3.05) is 18.4 Å². The molecule has 0 radical (unpaired) electrons. The Labute approximate surface area is 121 Å². The van der Waals surface area contributed by atoms with Gasteiger partial charge in [0, 0.05) is 24.8 Å². The fourth-order valence-electron chi connectivity index (χ4n) is 3.33. The van der Waals surface area contributed by atoms with Crippen molar-refractivity contribution in [3.8, 4) is 0 Å². The van der Waals surface area contributed by atoms with Crippen LogP contribution in [0.4, 0.5) is 5.69 Å². The van der Waals surface area contributed by atoms with Crippen molar-refractivity contribution in [1.82, 2.24) is 4.31 Å². The molecule has 2 aliphatic heterocycles. The number of fused-ring (bicyclic) bond motifs is 1. The normalized spacial score (nSPS) is 27.1. The van der Waals surface area contributed by atoms with Gasteiger partial charge in [0.25, 0.3) is 0 Å². The minimum absolute atomic E-state index is 0.0963. The smallest absolute Gasteiger partial charge is 0.243 e. The monoisotopic (exact) mass is 294 g/mol. The van der Waals surface area contributed by atoms with Crippen LogP contribution in [-0.2, 0) is 16.4 Å². The fraction of sp³-hybridized carbons (Fsp3) is 0.600. The van der Waals surface area contributed by atoms with Crippen LogP contribution in [-0.4, -0.2) is 31.9 Å². The molecule has 0 aromatic heterocycles. The maximum Gasteiger partial charge on any atom is 0.243 e. The Kier molecular flexibility index (Phi) is 3.50. The number of aryl methyl sites for hydroxylation is 1. The molecule has 3 rings (SSSR count). The first kappa shape index (κ1) is 13.9. The van der Waals surface area contributed by atoms with E-state index in [4.69, 9.17) is 0 Å². The standard InChI is InChI=1S/C15H22N2O2S/c1-11-8-12(2)17(10-11)20(18,19)14-6-5-13-4-3-7-16-15(13)9-14/h5-6,9,11-12,16H,3-4,7-8,10H2,1-2H3. The van der Waals surface area contributed by atoms with Gasteiger partial charge in [-0.15, -0.1) is 0 Å². The Morgan fingerprint density at radius 3 is 2.80 bits per heavy atom. The molecule has 1 aromatic carbocycles. The molecule has 2 aliphatic rings. The van der Waals surface area contributed by atoms with E-state index in [9.17, 15) is 8.42 Å². The minimum atomic E-state index is -3.36. The third-order valence-electron chi connectivity index (χ3n) is 4.35. The molecular formula is C15H22N2O2S. The third kappa shape index (κ3) is 2.33. The van der Waals surface area contributed by atoms with Crippen LogP contribution in [0.15, 0.2) is 23.1 Å². The van der Waals surface area contributed by atoms with Crippen LogP contribution in [0.2, 0.25) is 0 Å². The highest BCUT2D eigenvalue weighted by atomic mass is 32.2. The number of anilines is 1. The number of nitrogens with zero attached hydrogens (tertiary/aromatic N) is 1. The lowest BCUT2D eigenvalue weighted by atomic mass is 10.0. The predicted molar refractivity (Wildman–Crippen MR) is 80.4 cm³/mol. The number of nitrogens with one attached hydrogen (secondary N) is 1. The molecule has 2 unspecified atom stereocenters. The summed E-state index contributed by atoms with van der Waals surface area (Å²) in [6.45, 7) is 5.67. The van der Waals surface area contributed by atoms with Crippen LogP contribution in [0, 0.1) is 5.92 Å². The van der Waals surface area contributed by atoms with Crippen molar-refractivity contribution < 1.29 is 8.42 Å². The number of hydrogen-bond acceptors (Lipinski definition) is 3. The summed E-state index contributed by atoms with van der Waals surface area (Å²) < 4.78 is 27.2. The lowest BCUT2D eigenvalue weighted by Gasteiger charge is -2.23. The molecule has 0 saturated carbocycles. The van der Waals surface area contributed by atoms with Gasteiger partial charge in [0.15, 0.2) is 0 Å². The molecule has 0 spiro atoms. The highest BCUT2D eigenvalue weighted by Gasteiger charge is 2.36. The van der Waals surface area contributed by atoms with Crippen LogP contribution < -0.4 is 5.32 Å². The largest absolute Gasteiger partial charge is 0.385 e. The second kappa shape index (κ2) is 5.04. The summed E-state index contributed by atoms with van der Waals surface area (Å²) in [5, 5.41) is 3.30. The van der Waals surface area contributed by atoms with Crippen LogP contribution in [0.3, 0.4) is 0 Å². The van der Waals surface area contributed by atoms with Gasteiger partial charge in [0.2, 0.25) is 10.0 Å². The van der Waals surface area contributed by atoms with Crippen LogP contribution >= 0.6 is 0 Å². The number of benzene rings is 1. The average molecular weight is 294 g/mol. The topological polar surface area (TPSA) is 49.4 Å². The van der Waals surface area contributed by atoms with Crippen molar-refractivity contribution in [1.29, 1.82) is 0 Å². The zero-order valence-corrected chi connectivity index (χ0v) is 12.9. The average Bonchev–Trinajstić information content (AvgIpc) is 2.78. The Balaban J connectivity index is 1.95. The number of hydrogen-bond donors (Lipinski definition) is 1. The van der Waals surface area contributed by atoms with Gasteiger partial charge in [-0.05, 0) is 49.8 Å². The summed E-state index contributed by atoms with van der Waals surface area (Å²) in [6, 6.07) is 5.62. The summed E-state index contributed by atoms with van der Waals surface area (Å²) in [5.41, 5.74) is 2.20. The summed E-state index contributed by atoms with van der Waals surface area (Å²) >= 11 is 0. The lowest BCUT2D eigenvalue weighted by molar-refractivity contribution is 0.405. The Morgan fingerprint density at radius 2 is 2.10 bits per heavy atom. The van der Waals surface area contributed by atoms with Gasteiger partial charge in [-0.2, -0.15) is 4.31 Å². The Morgan fingerprint density at radius 1 is 1.30 bits per heavy atom. The highest BCUT2D eigenvalue weighted by molar-refractivity contribution is 7.89. The van der Waals surface area contributed by atoms with Crippen LogP contribution in [0.25, 0.3) is 0 Å². The molecule has 1 saturated heterocycles. The van der Waals surface area contributed by atoms with E-state index < -0.39 is 10.0 Å². The first-order valence-electron chi connectivity index (χ1n) is 7.37. The second-order valence-corrected chi connectivity index (χ2v) is 8.00. The van der Waals surface area contributed by atoms with E-state index in [-0.39, 0.29) is 6.04 Å². The van der Waals surface area contributed by atoms with E-state index in [1.807, 2.05) is 13.0 Å². The molecule has 20 heavy (non-hydrogen) atoms. The van der Waals surface area contributed by atoms with Crippen molar-refractivity contribution in [2.45, 2.75) is 44.0 Å². The van der Waals surface area contributed by atoms with Crippen LogP contribution in [0.5, 0.6) is 0 Å². The van der Waals surface area contributed by atoms with Crippen molar-refractivity contribution in [2.24, 2.45) is 5.92 Å². The molecule has 1 N–H and O–H groups in total. The van der Waals surface area contributed by atoms with E-state index in [1.54, 1.807) is 16.4 Å². The van der Waals surface area contributed by atoms with Crippen molar-refractivity contribution in [3.63, 3.8) is 0 Å². The van der Waals surface area contributed by atoms with Crippen LogP contribution in [0.1, 0.15) is 32.3 Å². The molecule has 2 atom stereocenters. The number of sulfonamides is 1. The third-order valence-corrected chi connectivity index (χ3v) is 6.33. The molecule has 2 heterocycles. The van der Waals surface area contributed by atoms with Gasteiger partial charge < -0.3 is 5.32 Å². The van der Waals surface area contributed by atoms with Crippen molar-refractivity contribution in [3.05, 3.63) is 23.8 Å². The summed E-state index contributed by atoms with van der Waals surface area (Å²) in [5.74, 6) is 0.440. The molecule has 110 valence electrons. The first-order chi connectivity index (χ1) is 9.48. The Bertz CT molecular complexity index is 612. The summed E-state index contributed by atoms with van der Waals surface area (Å²) in [4.78, 5) is 0.423. The van der Waals surface area contributed by atoms with Gasteiger partial charge >= 0.3 is 0 Å². The molecule has 0 amide bonds. The predicted octanol–water partition coefficient (Wildman–Crippen LogP) is 2.46. The summed E-state index contributed by atoms with van der Waals surface area (Å²) in [6.07, 6.45) is 3.09. The zero-order chi connectivity index (χ0) is 14.3. The molecule has 0 bridgehead atoms. The Hall–Kier alpha value is -1.07. The number of rotatable bonds is 2. The van der Waals surface area contributed by atoms with E-state index in [0.717, 1.165) is 31.5 Å². The van der Waals surface area contributed by atoms with Gasteiger partial charge in [-0.3, -0.25) is 0 Å². The van der Waals surface area contributed by atoms with Gasteiger partial charge in [-0.25, -0.2) is 8.42 Å². The van der Waals surface area contributed by atoms with Gasteiger partial charge in [0.1, 0.15) is 0 Å². The maximum atomic E-state index is 12.8. The fourth-order valence-corrected chi connectivity index (χ4v) is 5.12. The molecule has 4 nitrogen and oxygen atoms in total. The summed E-state index contributed by atoms with van der Waals surface area (Å²) in [7, 11) is -3.36. The second-order valence-electron chi connectivity index (χ2n) is 6.11. The maximum absolute atomic E-state index is 12.8. The molecular weight excluding hydrogens is 272 g/mol. The van der Waals surface area contributed by atoms with E-state index in [0.29, 0.717) is 17.4 Å². The molecule has 0 aliphatic carbocycles. The molecule has 1 fully saturated rings. The first-order valence-corrected chi connectivity index (χ1v) is 8.81. The SMILES string of the molecule is CC1CC(C)N(S(=O)(=O)c2ccc3c(c2)NCCC3)C1. The van der Waals surface area contributed by atoms with E-state index in [1.165, 1.54) is 5.56 Å². The van der Waals surface area contributed by atoms with Gasteiger partial charge in [0.05, 0.1) is 4.90 Å². The van der Waals surface area contributed by atoms with Crippen molar-refractivity contribution >= 4 is 15.7 Å².